The third-order valence-corrected chi connectivity index (χ3v) is 0.193. The Bertz CT molecular complexity index is 63.5. The summed E-state index contributed by atoms with van der Waals surface area (Å²) < 4.78 is 21.6. The van der Waals surface area contributed by atoms with Crippen LogP contribution in [0.25, 0.3) is 0 Å². The number of carbonyl (C=O) groups excluding carboxylic acids is 1. The third-order valence-electron chi connectivity index (χ3n) is 0.116. The van der Waals surface area contributed by atoms with Crippen molar-refractivity contribution in [1.29, 1.82) is 0 Å². The Labute approximate surface area is 71.8 Å². The monoisotopic (exact) mass is 153 g/mol. The Morgan fingerprint density at radius 2 is 1.62 bits per heavy atom. The van der Waals surface area contributed by atoms with Crippen LogP contribution < -0.4 is 29.6 Å². The first-order chi connectivity index (χ1) is 2.56. The smallest absolute Gasteiger partial charge is 0.870 e. The van der Waals surface area contributed by atoms with Crippen molar-refractivity contribution in [3.05, 3.63) is 0 Å². The van der Waals surface area contributed by atoms with Crippen LogP contribution in [-0.4, -0.2) is 17.1 Å². The van der Waals surface area contributed by atoms with Crippen LogP contribution in [0.4, 0.5) is 8.78 Å². The SMILES string of the molecule is O=[C-]C(F)(F)Cl.[Na+].[OH-]. The first kappa shape index (κ1) is 15.9. The maximum absolute atomic E-state index is 10.8. The second kappa shape index (κ2) is 5.91. The van der Waals surface area contributed by atoms with Gasteiger partial charge in [-0.05, 0) is 0 Å². The molecule has 0 aliphatic rings. The molecule has 0 spiro atoms. The molecule has 0 radical (unpaired) electrons. The van der Waals surface area contributed by atoms with Crippen molar-refractivity contribution < 1.29 is 48.6 Å². The Morgan fingerprint density at radius 1 is 1.50 bits per heavy atom. The molecule has 0 bridgehead atoms. The molecule has 0 heterocycles. The molecule has 0 aliphatic carbocycles. The van der Waals surface area contributed by atoms with Gasteiger partial charge in [-0.3, -0.25) is 0 Å². The van der Waals surface area contributed by atoms with Crippen molar-refractivity contribution in [2.24, 2.45) is 0 Å². The van der Waals surface area contributed by atoms with Gasteiger partial charge in [-0.2, -0.15) is 6.29 Å². The molecule has 0 fully saturated rings. The summed E-state index contributed by atoms with van der Waals surface area (Å²) in [6.45, 7) is 0. The Kier molecular flexibility index (Phi) is 11.7. The third kappa shape index (κ3) is 15.9. The van der Waals surface area contributed by atoms with E-state index in [0.717, 1.165) is 0 Å². The summed E-state index contributed by atoms with van der Waals surface area (Å²) in [5.41, 5.74) is 0. The molecule has 1 N–H and O–H groups in total. The van der Waals surface area contributed by atoms with Crippen LogP contribution in [0.3, 0.4) is 0 Å². The molecule has 0 atom stereocenters. The zero-order chi connectivity index (χ0) is 5.21. The zero-order valence-electron chi connectivity index (χ0n) is 3.99. The van der Waals surface area contributed by atoms with Crippen molar-refractivity contribution in [3.8, 4) is 0 Å². The minimum atomic E-state index is -3.79. The van der Waals surface area contributed by atoms with Crippen LogP contribution >= 0.6 is 11.6 Å². The number of halogens is 3. The molecule has 0 unspecified atom stereocenters. The van der Waals surface area contributed by atoms with Crippen molar-refractivity contribution >= 4 is 17.9 Å². The van der Waals surface area contributed by atoms with Gasteiger partial charge in [-0.1, -0.05) is 11.6 Å². The van der Waals surface area contributed by atoms with Gasteiger partial charge in [-0.15, -0.1) is 0 Å². The molecule has 0 aromatic rings. The molecule has 0 aromatic heterocycles. The molecular formula is C2HClF2NaO2-. The summed E-state index contributed by atoms with van der Waals surface area (Å²) in [7, 11) is 0. The van der Waals surface area contributed by atoms with Gasteiger partial charge in [0.15, 0.2) is 0 Å². The second-order valence-electron chi connectivity index (χ2n) is 0.600. The molecular weight excluding hydrogens is 152 g/mol. The first-order valence-corrected chi connectivity index (χ1v) is 1.40. The molecule has 0 amide bonds. The van der Waals surface area contributed by atoms with Crippen molar-refractivity contribution in [1.82, 2.24) is 0 Å². The molecule has 0 rings (SSSR count). The summed E-state index contributed by atoms with van der Waals surface area (Å²) >= 11 is 3.96. The average Bonchev–Trinajstić information content (AvgIpc) is 1.35. The predicted molar refractivity (Wildman–Crippen MR) is 18.4 cm³/mol. The van der Waals surface area contributed by atoms with E-state index < -0.39 is 5.38 Å². The summed E-state index contributed by atoms with van der Waals surface area (Å²) in [6, 6.07) is 0. The molecule has 44 valence electrons. The van der Waals surface area contributed by atoms with Gasteiger partial charge < -0.3 is 10.3 Å². The van der Waals surface area contributed by atoms with E-state index in [0.29, 0.717) is 0 Å². The maximum Gasteiger partial charge on any atom is 1.00 e. The number of alkyl halides is 3. The molecule has 8 heavy (non-hydrogen) atoms. The fraction of sp³-hybridized carbons (Fsp3) is 0.500. The van der Waals surface area contributed by atoms with Crippen molar-refractivity contribution in [2.75, 3.05) is 0 Å². The van der Waals surface area contributed by atoms with Gasteiger partial charge >= 0.3 is 29.6 Å². The largest absolute Gasteiger partial charge is 1.00 e. The first-order valence-electron chi connectivity index (χ1n) is 1.02. The summed E-state index contributed by atoms with van der Waals surface area (Å²) in [4.78, 5) is 8.82. The number of rotatable bonds is 1. The van der Waals surface area contributed by atoms with Gasteiger partial charge in [0.2, 0.25) is 5.38 Å². The minimum absolute atomic E-state index is 0. The maximum atomic E-state index is 10.8. The van der Waals surface area contributed by atoms with Crippen molar-refractivity contribution in [3.63, 3.8) is 0 Å². The number of hydrogen-bond acceptors (Lipinski definition) is 2. The van der Waals surface area contributed by atoms with E-state index >= 15 is 0 Å². The Hall–Kier alpha value is 0.780. The van der Waals surface area contributed by atoms with Crippen LogP contribution in [0.15, 0.2) is 0 Å². The van der Waals surface area contributed by atoms with E-state index in [9.17, 15) is 8.78 Å². The van der Waals surface area contributed by atoms with Gasteiger partial charge in [0, 0.05) is 0 Å². The molecule has 2 nitrogen and oxygen atoms in total. The van der Waals surface area contributed by atoms with E-state index in [4.69, 9.17) is 4.79 Å². The summed E-state index contributed by atoms with van der Waals surface area (Å²) in [6.07, 6.45) is 0.286. The topological polar surface area (TPSA) is 47.1 Å². The van der Waals surface area contributed by atoms with Crippen molar-refractivity contribution in [2.45, 2.75) is 5.38 Å². The van der Waals surface area contributed by atoms with E-state index in [1.807, 2.05) is 0 Å². The zero-order valence-corrected chi connectivity index (χ0v) is 6.75. The Balaban J connectivity index is -0.000000125. The van der Waals surface area contributed by atoms with Crippen LogP contribution in [0.5, 0.6) is 0 Å². The quantitative estimate of drug-likeness (QED) is 0.243. The van der Waals surface area contributed by atoms with Gasteiger partial charge in [0.25, 0.3) is 0 Å². The molecule has 0 aromatic carbocycles. The summed E-state index contributed by atoms with van der Waals surface area (Å²) in [5, 5.41) is -3.79. The van der Waals surface area contributed by atoms with Crippen LogP contribution in [0, 0.1) is 0 Å². The van der Waals surface area contributed by atoms with Gasteiger partial charge in [0.1, 0.15) is 0 Å². The average molecular weight is 153 g/mol. The van der Waals surface area contributed by atoms with Crippen LogP contribution in [0.1, 0.15) is 0 Å². The predicted octanol–water partition coefficient (Wildman–Crippen LogP) is -2.25. The van der Waals surface area contributed by atoms with Crippen LogP contribution in [-0.2, 0) is 4.79 Å². The standard InChI is InChI=1S/C2ClF2O.Na.H2O/c3-2(4,5)1-6;;/h;;1H2/q-1;+1;/p-1. The molecule has 0 saturated heterocycles. The fourth-order valence-electron chi connectivity index (χ4n) is 0. The minimum Gasteiger partial charge on any atom is -0.870 e. The van der Waals surface area contributed by atoms with E-state index in [2.05, 4.69) is 11.6 Å². The normalized spacial score (nSPS) is 8.38. The number of hydrogen-bond donors (Lipinski definition) is 0. The van der Waals surface area contributed by atoms with E-state index in [1.54, 1.807) is 0 Å². The molecule has 0 aliphatic heterocycles. The van der Waals surface area contributed by atoms with Gasteiger partial charge in [-0.25, -0.2) is 8.78 Å². The second-order valence-corrected chi connectivity index (χ2v) is 1.07. The Morgan fingerprint density at radius 3 is 1.62 bits per heavy atom. The molecule has 6 heteroatoms. The van der Waals surface area contributed by atoms with E-state index in [1.165, 1.54) is 0 Å². The summed E-state index contributed by atoms with van der Waals surface area (Å²) in [5.74, 6) is 0. The van der Waals surface area contributed by atoms with E-state index in [-0.39, 0.29) is 41.3 Å². The fourth-order valence-corrected chi connectivity index (χ4v) is 0. The van der Waals surface area contributed by atoms with Gasteiger partial charge in [0.05, 0.1) is 0 Å². The molecule has 0 saturated carbocycles. The van der Waals surface area contributed by atoms with Crippen LogP contribution in [0.2, 0.25) is 0 Å².